The first kappa shape index (κ1) is 15.5. The van der Waals surface area contributed by atoms with Crippen LogP contribution < -0.4 is 9.37 Å². The molecule has 0 aliphatic rings. The fourth-order valence-corrected chi connectivity index (χ4v) is 22.5. The third-order valence-corrected chi connectivity index (χ3v) is 24.7. The van der Waals surface area contributed by atoms with Gasteiger partial charge in [0.2, 0.25) is 0 Å². The zero-order chi connectivity index (χ0) is 15.3. The van der Waals surface area contributed by atoms with E-state index in [4.69, 9.17) is 0 Å². The first-order valence-electron chi connectivity index (χ1n) is 8.04. The van der Waals surface area contributed by atoms with E-state index in [0.717, 1.165) is 0 Å². The summed E-state index contributed by atoms with van der Waals surface area (Å²) in [5.74, 6) is 0. The van der Waals surface area contributed by atoms with Crippen molar-refractivity contribution in [1.82, 2.24) is 0 Å². The van der Waals surface area contributed by atoms with Crippen molar-refractivity contribution in [1.29, 1.82) is 0 Å². The molecule has 0 aromatic heterocycles. The van der Waals surface area contributed by atoms with Gasteiger partial charge in [-0.25, -0.2) is 0 Å². The van der Waals surface area contributed by atoms with Crippen LogP contribution in [-0.2, 0) is 0 Å². The Morgan fingerprint density at radius 3 is 1.14 bits per heavy atom. The van der Waals surface area contributed by atoms with Crippen molar-refractivity contribution >= 4 is 30.5 Å². The van der Waals surface area contributed by atoms with E-state index in [2.05, 4.69) is 97.9 Å². The van der Waals surface area contributed by atoms with Crippen LogP contribution in [0.15, 0.2) is 91.0 Å². The fraction of sp³-hybridized carbons (Fsp3) is 0.143. The van der Waals surface area contributed by atoms with Crippen LogP contribution >= 0.6 is 0 Å². The first-order chi connectivity index (χ1) is 10.9. The second-order valence-corrected chi connectivity index (χ2v) is 21.5. The van der Waals surface area contributed by atoms with E-state index < -0.39 is 21.2 Å². The van der Waals surface area contributed by atoms with Crippen LogP contribution in [0, 0.1) is 0 Å². The molecule has 0 spiro atoms. The van der Waals surface area contributed by atoms with E-state index >= 15 is 0 Å². The molecular formula is C21H22Pb. The quantitative estimate of drug-likeness (QED) is 0.489. The molecule has 0 unspecified atom stereocenters. The number of rotatable bonds is 5. The summed E-state index contributed by atoms with van der Waals surface area (Å²) in [4.78, 5) is 0. The van der Waals surface area contributed by atoms with Gasteiger partial charge in [-0.15, -0.1) is 0 Å². The molecule has 0 saturated heterocycles. The zero-order valence-corrected chi connectivity index (χ0v) is 17.0. The van der Waals surface area contributed by atoms with Crippen molar-refractivity contribution in [2.45, 2.75) is 17.3 Å². The summed E-state index contributed by atoms with van der Waals surface area (Å²) in [6.45, 7) is 2.32. The zero-order valence-electron chi connectivity index (χ0n) is 13.1. The summed E-state index contributed by atoms with van der Waals surface area (Å²) in [7, 11) is 0. The average molecular weight is 482 g/mol. The normalized spacial score (nSPS) is 11.3. The Balaban J connectivity index is 2.29. The summed E-state index contributed by atoms with van der Waals surface area (Å²) in [5.41, 5.74) is 0. The van der Waals surface area contributed by atoms with E-state index in [9.17, 15) is 0 Å². The molecule has 0 N–H and O–H groups in total. The molecule has 0 radical (unpaired) electrons. The predicted molar refractivity (Wildman–Crippen MR) is 99.1 cm³/mol. The monoisotopic (exact) mass is 482 g/mol. The van der Waals surface area contributed by atoms with Gasteiger partial charge in [0.1, 0.15) is 0 Å². The van der Waals surface area contributed by atoms with Crippen LogP contribution in [0.4, 0.5) is 0 Å². The van der Waals surface area contributed by atoms with Gasteiger partial charge >= 0.3 is 139 Å². The van der Waals surface area contributed by atoms with Crippen molar-refractivity contribution in [3.63, 3.8) is 0 Å². The van der Waals surface area contributed by atoms with Crippen LogP contribution in [0.3, 0.4) is 0 Å². The molecule has 0 bridgehead atoms. The topological polar surface area (TPSA) is 0 Å². The molecule has 0 saturated carbocycles. The number of benzene rings is 3. The van der Waals surface area contributed by atoms with E-state index in [1.54, 1.807) is 9.37 Å². The van der Waals surface area contributed by atoms with E-state index in [1.807, 2.05) is 0 Å². The van der Waals surface area contributed by atoms with Gasteiger partial charge in [0.15, 0.2) is 0 Å². The van der Waals surface area contributed by atoms with E-state index in [0.29, 0.717) is 0 Å². The molecule has 0 atom stereocenters. The third kappa shape index (κ3) is 2.89. The molecule has 3 aromatic carbocycles. The van der Waals surface area contributed by atoms with Gasteiger partial charge in [0, 0.05) is 0 Å². The molecule has 1 heteroatoms. The van der Waals surface area contributed by atoms with Gasteiger partial charge in [-0.05, 0) is 0 Å². The summed E-state index contributed by atoms with van der Waals surface area (Å²) in [6, 6.07) is 33.7. The molecule has 0 nitrogen and oxygen atoms in total. The van der Waals surface area contributed by atoms with Gasteiger partial charge in [0.25, 0.3) is 0 Å². The van der Waals surface area contributed by atoms with Crippen LogP contribution in [0.2, 0.25) is 3.98 Å². The Labute approximate surface area is 138 Å². The molecule has 0 aliphatic carbocycles. The number of hydrogen-bond acceptors (Lipinski definition) is 0. The SMILES string of the molecule is CC[CH2][Pb]([c]1ccccc1)([c]1ccccc1)[c]1ccccc1. The van der Waals surface area contributed by atoms with Gasteiger partial charge in [0.05, 0.1) is 0 Å². The van der Waals surface area contributed by atoms with E-state index in [-0.39, 0.29) is 0 Å². The molecule has 0 aliphatic heterocycles. The van der Waals surface area contributed by atoms with Crippen molar-refractivity contribution in [3.8, 4) is 0 Å². The Hall–Kier alpha value is -1.42. The molecule has 0 fully saturated rings. The standard InChI is InChI=1S/3C6H5.C3H7.Pb/c3*1-2-4-6-5-3-1;1-3-2;/h3*1-5H;1,3H2,2H3;. The Kier molecular flexibility index (Phi) is 5.09. The summed E-state index contributed by atoms with van der Waals surface area (Å²) in [5, 5.41) is 0. The molecule has 0 amide bonds. The first-order valence-corrected chi connectivity index (χ1v) is 16.6. The second kappa shape index (κ2) is 7.23. The minimum atomic E-state index is -3.04. The van der Waals surface area contributed by atoms with Crippen LogP contribution in [0.5, 0.6) is 0 Å². The van der Waals surface area contributed by atoms with E-state index in [1.165, 1.54) is 10.4 Å². The van der Waals surface area contributed by atoms with Crippen molar-refractivity contribution in [2.24, 2.45) is 0 Å². The van der Waals surface area contributed by atoms with Crippen molar-refractivity contribution < 1.29 is 0 Å². The van der Waals surface area contributed by atoms with Crippen molar-refractivity contribution in [2.75, 3.05) is 0 Å². The third-order valence-electron chi connectivity index (χ3n) is 4.42. The molecule has 3 rings (SSSR count). The Morgan fingerprint density at radius 1 is 0.545 bits per heavy atom. The average Bonchev–Trinajstić information content (AvgIpc) is 2.62. The molecule has 22 heavy (non-hydrogen) atoms. The molecule has 110 valence electrons. The summed E-state index contributed by atoms with van der Waals surface area (Å²) < 4.78 is 6.10. The maximum atomic E-state index is 2.36. The van der Waals surface area contributed by atoms with Gasteiger partial charge < -0.3 is 0 Å². The fourth-order valence-electron chi connectivity index (χ4n) is 3.48. The Morgan fingerprint density at radius 2 is 0.864 bits per heavy atom. The summed E-state index contributed by atoms with van der Waals surface area (Å²) >= 11 is -3.04. The minimum absolute atomic E-state index is 1.24. The Bertz CT molecular complexity index is 593. The van der Waals surface area contributed by atoms with Gasteiger partial charge in [-0.2, -0.15) is 0 Å². The predicted octanol–water partition coefficient (Wildman–Crippen LogP) is 3.57. The van der Waals surface area contributed by atoms with Crippen LogP contribution in [-0.4, -0.2) is 21.2 Å². The number of hydrogen-bond donors (Lipinski definition) is 0. The molecule has 3 aromatic rings. The van der Waals surface area contributed by atoms with Crippen LogP contribution in [0.25, 0.3) is 0 Å². The van der Waals surface area contributed by atoms with Crippen molar-refractivity contribution in [3.05, 3.63) is 91.0 Å². The molecule has 0 heterocycles. The molecular weight excluding hydrogens is 459 g/mol. The second-order valence-electron chi connectivity index (χ2n) is 5.75. The van der Waals surface area contributed by atoms with Crippen LogP contribution in [0.1, 0.15) is 13.3 Å². The summed E-state index contributed by atoms with van der Waals surface area (Å²) in [6.07, 6.45) is 1.24. The maximum absolute atomic E-state index is 3.04. The van der Waals surface area contributed by atoms with Gasteiger partial charge in [-0.1, -0.05) is 0 Å². The van der Waals surface area contributed by atoms with Gasteiger partial charge in [-0.3, -0.25) is 0 Å².